The van der Waals surface area contributed by atoms with Gasteiger partial charge in [-0.15, -0.1) is 0 Å². The van der Waals surface area contributed by atoms with Crippen molar-refractivity contribution in [1.29, 1.82) is 0 Å². The van der Waals surface area contributed by atoms with Gasteiger partial charge in [-0.1, -0.05) is 376 Å². The van der Waals surface area contributed by atoms with Gasteiger partial charge in [0.1, 0.15) is 33.9 Å². The van der Waals surface area contributed by atoms with Gasteiger partial charge in [-0.25, -0.2) is 4.98 Å². The zero-order valence-electron chi connectivity index (χ0n) is 74.2. The Bertz CT molecular complexity index is 8730. The Morgan fingerprint density at radius 1 is 0.263 bits per heavy atom. The summed E-state index contributed by atoms with van der Waals surface area (Å²) in [6, 6.07) is 169. The molecule has 0 N–H and O–H groups in total. The summed E-state index contributed by atoms with van der Waals surface area (Å²) in [5.41, 5.74) is 20.8. The van der Waals surface area contributed by atoms with Crippen molar-refractivity contribution in [2.45, 2.75) is 0 Å². The van der Waals surface area contributed by atoms with Crippen LogP contribution >= 0.6 is 35.8 Å². The largest absolute Gasteiger partial charge is 0.309 e. The first-order valence-electron chi connectivity index (χ1n) is 45.9. The second-order valence-corrected chi connectivity index (χ2v) is 48.6. The minimum absolute atomic E-state index is 0.557. The summed E-state index contributed by atoms with van der Waals surface area (Å²) in [5, 5.41) is 18.6. The highest BCUT2D eigenvalue weighted by molar-refractivity contribution is 8.06. The zero-order chi connectivity index (χ0) is 91.8. The molecule has 0 radical (unpaired) electrons. The fourth-order valence-corrected chi connectivity index (χ4v) is 39.1. The minimum Gasteiger partial charge on any atom is -0.309 e. The summed E-state index contributed by atoms with van der Waals surface area (Å²) in [4.78, 5) is 14.2. The average Bonchev–Trinajstić information content (AvgIpc) is 1.53. The van der Waals surface area contributed by atoms with Crippen molar-refractivity contribution in [3.63, 3.8) is 0 Å². The van der Waals surface area contributed by atoms with Crippen molar-refractivity contribution in [3.8, 4) is 78.1 Å². The number of nitrogens with zero attached hydrogens (tertiary/aromatic N) is 5. The smallest absolute Gasteiger partial charge is 0.205 e. The van der Waals surface area contributed by atoms with Gasteiger partial charge in [-0.3, -0.25) is 14.5 Å². The fraction of sp³-hybridized carbons (Fsp3) is 0. The van der Waals surface area contributed by atoms with E-state index >= 15 is 9.13 Å². The molecule has 4 aliphatic heterocycles. The van der Waals surface area contributed by atoms with Gasteiger partial charge in [0.15, 0.2) is 27.0 Å². The van der Waals surface area contributed by atoms with Gasteiger partial charge in [-0.2, -0.15) is 0 Å². The van der Waals surface area contributed by atoms with Gasteiger partial charge >= 0.3 is 0 Å². The Morgan fingerprint density at radius 2 is 0.708 bits per heavy atom. The summed E-state index contributed by atoms with van der Waals surface area (Å²) in [5.74, 6) is 0. The van der Waals surface area contributed by atoms with E-state index in [1.807, 2.05) is 255 Å². The van der Waals surface area contributed by atoms with Crippen molar-refractivity contribution in [1.82, 2.24) is 24.1 Å². The second-order valence-electron chi connectivity index (χ2n) is 34.6. The molecular weight excluding hydrogens is 1770 g/mol. The molecule has 0 saturated heterocycles. The van der Waals surface area contributed by atoms with Gasteiger partial charge < -0.3 is 22.8 Å². The molecule has 4 aromatic heterocycles. The lowest BCUT2D eigenvalue weighted by molar-refractivity contribution is 0.590. The van der Waals surface area contributed by atoms with Gasteiger partial charge in [0, 0.05) is 99.9 Å². The molecule has 9 nitrogen and oxygen atoms in total. The fourth-order valence-electron chi connectivity index (χ4n) is 21.1. The minimum atomic E-state index is -3.29. The third-order valence-electron chi connectivity index (χ3n) is 27.2. The highest BCUT2D eigenvalue weighted by Crippen LogP contribution is 2.66. The van der Waals surface area contributed by atoms with E-state index in [4.69, 9.17) is 4.98 Å². The molecule has 23 aromatic rings. The first kappa shape index (κ1) is 84.4. The molecule has 650 valence electrons. The Morgan fingerprint density at radius 3 is 1.32 bits per heavy atom. The van der Waals surface area contributed by atoms with E-state index in [9.17, 15) is 9.13 Å². The molecular formula is C123H85N5O4P5+. The number of fused-ring (bicyclic) bond motifs is 21. The molecule has 2 unspecified atom stereocenters. The van der Waals surface area contributed by atoms with Crippen LogP contribution in [0.3, 0.4) is 0 Å². The number of rotatable bonds is 11. The lowest BCUT2D eigenvalue weighted by Gasteiger charge is -2.35. The van der Waals surface area contributed by atoms with Gasteiger partial charge in [0.2, 0.25) is 7.14 Å². The molecule has 1 spiro atoms. The monoisotopic (exact) mass is 1850 g/mol. The van der Waals surface area contributed by atoms with E-state index in [1.165, 1.54) is 43.1 Å². The van der Waals surface area contributed by atoms with Crippen molar-refractivity contribution in [3.05, 3.63) is 516 Å². The Labute approximate surface area is 795 Å². The van der Waals surface area contributed by atoms with E-state index in [0.29, 0.717) is 11.0 Å². The molecule has 4 aliphatic rings. The van der Waals surface area contributed by atoms with Crippen LogP contribution in [0, 0.1) is 0 Å². The number of pyridine rings is 2. The molecule has 19 aromatic carbocycles. The van der Waals surface area contributed by atoms with E-state index in [1.54, 1.807) is 6.20 Å². The normalized spacial score (nSPS) is 15.0. The van der Waals surface area contributed by atoms with E-state index in [0.717, 1.165) is 153 Å². The predicted molar refractivity (Wildman–Crippen MR) is 577 cm³/mol. The summed E-state index contributed by atoms with van der Waals surface area (Å²) < 4.78 is 64.7. The topological polar surface area (TPSA) is 117 Å². The molecule has 0 amide bonds. The quantitative estimate of drug-likeness (QED) is 0.118. The number of benzene rings is 19. The third kappa shape index (κ3) is 13.7. The molecule has 137 heavy (non-hydrogen) atoms. The van der Waals surface area contributed by atoms with Crippen LogP contribution in [0.15, 0.2) is 516 Å². The van der Waals surface area contributed by atoms with Crippen LogP contribution in [0.4, 0.5) is 0 Å². The van der Waals surface area contributed by atoms with Gasteiger partial charge in [0.05, 0.1) is 32.7 Å². The number of hydrogen-bond donors (Lipinski definition) is 0. The SMILES string of the molecule is O=P(c1ccccc1)(c1ccccc1)c1nc2cc(-c3ccccc3)ccc2n1-c1ccccc1.O=P1(c2cccc(-c3ccccc3)c2)c2ccccc2-c2c1ccc1ccccc21.O=P1(c2ccccc2)c2ccccc2-c2ccc(-c3ccc4c(c3)c3cnccc3n4-c3ccccc3)cc21.O=P1(c2ccccn2)c2ccccc2[P+]2(c3ccccc3-c3ccccc32)c2ccccc21. The van der Waals surface area contributed by atoms with Crippen molar-refractivity contribution in [2.24, 2.45) is 0 Å². The maximum absolute atomic E-state index is 15.3. The molecule has 0 bridgehead atoms. The van der Waals surface area contributed by atoms with Crippen LogP contribution in [0.25, 0.3) is 122 Å². The first-order valence-corrected chi connectivity index (χ1v) is 54.5. The molecule has 27 rings (SSSR count). The van der Waals surface area contributed by atoms with E-state index in [2.05, 4.69) is 274 Å². The summed E-state index contributed by atoms with van der Waals surface area (Å²) in [6.45, 7) is 0. The first-order chi connectivity index (χ1) is 67.5. The standard InChI is InChI=1S/C35H23N2OP.C31H23N2OP.C29H20NOP2.C28H19OP/c38-39(27-11-5-2-6-12-27)34-14-8-7-13-28(34)29-17-15-25(22-35(29)39)24-16-18-32-30(21-24)31-23-36-20-19-33(31)37(32)26-9-3-1-4-10-26;34-35(27-17-9-3-10-18-27,28-19-11-4-12-20-28)31-32-29-23-25(24-13-5-1-6-14-24)21-22-30(29)33(31)26-15-7-2-8-16-26;31-33(29-19-9-10-20-30-29)27-17-7-5-15-25(27)32(26-16-6-8-18-28(26)33)23-13-3-1-11-21(23)22-12-2-4-14-24(22)32;29-30(23-13-8-12-22(19-23)20-9-2-1-3-10-20)26-16-7-6-15-25(26)28-24-14-5-4-11-21(24)17-18-27(28)30/h1-23H;1-23H;1-20H;1-19H/q;;+1;. The van der Waals surface area contributed by atoms with Crippen LogP contribution in [0.2, 0.25) is 0 Å². The van der Waals surface area contributed by atoms with Crippen LogP contribution in [0.1, 0.15) is 0 Å². The number of para-hydroxylation sites is 2. The van der Waals surface area contributed by atoms with Gasteiger partial charge in [-0.05, 0) is 182 Å². The molecule has 14 heteroatoms. The van der Waals surface area contributed by atoms with Gasteiger partial charge in [0.25, 0.3) is 0 Å². The molecule has 0 saturated carbocycles. The highest BCUT2D eigenvalue weighted by Gasteiger charge is 2.63. The molecule has 2 atom stereocenters. The van der Waals surface area contributed by atoms with E-state index < -0.39 is 35.8 Å². The molecule has 8 heterocycles. The Hall–Kier alpha value is -15.6. The molecule has 0 aliphatic carbocycles. The van der Waals surface area contributed by atoms with Crippen LogP contribution < -0.4 is 85.3 Å². The van der Waals surface area contributed by atoms with E-state index in [-0.39, 0.29) is 0 Å². The number of hydrogen-bond acceptors (Lipinski definition) is 7. The summed E-state index contributed by atoms with van der Waals surface area (Å²) in [6.07, 6.45) is 5.55. The van der Waals surface area contributed by atoms with Crippen molar-refractivity contribution < 1.29 is 18.3 Å². The summed E-state index contributed by atoms with van der Waals surface area (Å²) >= 11 is 0. The van der Waals surface area contributed by atoms with Crippen molar-refractivity contribution >= 4 is 165 Å². The number of imidazole rings is 1. The number of aromatic nitrogens is 5. The zero-order valence-corrected chi connectivity index (χ0v) is 78.7. The maximum Gasteiger partial charge on any atom is 0.205 e. The lowest BCUT2D eigenvalue weighted by atomic mass is 9.98. The average molecular weight is 1850 g/mol. The maximum atomic E-state index is 15.3. The highest BCUT2D eigenvalue weighted by atomic mass is 31.2. The Balaban J connectivity index is 0.000000100. The third-order valence-corrected chi connectivity index (χ3v) is 44.2. The Kier molecular flexibility index (Phi) is 21.4. The lowest BCUT2D eigenvalue weighted by Crippen LogP contribution is -2.53. The van der Waals surface area contributed by atoms with Crippen molar-refractivity contribution in [2.75, 3.05) is 0 Å². The summed E-state index contributed by atoms with van der Waals surface area (Å²) in [7, 11) is -14.6. The van der Waals surface area contributed by atoms with Crippen LogP contribution in [0.5, 0.6) is 0 Å². The van der Waals surface area contributed by atoms with Crippen LogP contribution in [-0.2, 0) is 18.3 Å². The second kappa shape index (κ2) is 34.7. The molecule has 0 fully saturated rings. The van der Waals surface area contributed by atoms with Crippen LogP contribution in [-0.4, -0.2) is 24.1 Å². The predicted octanol–water partition coefficient (Wildman–Crippen LogP) is 23.6.